The highest BCUT2D eigenvalue weighted by Crippen LogP contribution is 2.35. The molecule has 0 N–H and O–H groups in total. The van der Waals surface area contributed by atoms with Crippen LogP contribution in [-0.2, 0) is 5.75 Å². The lowest BCUT2D eigenvalue weighted by atomic mass is 10.2. The number of methoxy groups -OCH3 is 2. The number of hydrogen-bond donors (Lipinski definition) is 0. The van der Waals surface area contributed by atoms with Gasteiger partial charge in [-0.3, -0.25) is 14.7 Å². The molecule has 0 bridgehead atoms. The summed E-state index contributed by atoms with van der Waals surface area (Å²) in [5, 5.41) is 20.5. The summed E-state index contributed by atoms with van der Waals surface area (Å²) < 4.78 is 12.8. The summed E-state index contributed by atoms with van der Waals surface area (Å²) in [6, 6.07) is 22.0. The summed E-state index contributed by atoms with van der Waals surface area (Å²) in [6.07, 6.45) is 0. The van der Waals surface area contributed by atoms with Crippen LogP contribution in [0.2, 0.25) is 0 Å². The van der Waals surface area contributed by atoms with E-state index in [2.05, 4.69) is 10.2 Å². The van der Waals surface area contributed by atoms with Crippen molar-refractivity contribution in [1.82, 2.24) is 14.8 Å². The van der Waals surface area contributed by atoms with E-state index in [0.29, 0.717) is 28.2 Å². The number of hydrogen-bond acceptors (Lipinski definition) is 7. The van der Waals surface area contributed by atoms with Crippen molar-refractivity contribution >= 4 is 17.4 Å². The number of aromatic nitrogens is 3. The second-order valence-electron chi connectivity index (χ2n) is 6.76. The van der Waals surface area contributed by atoms with Gasteiger partial charge in [-0.15, -0.1) is 10.2 Å². The van der Waals surface area contributed by atoms with E-state index in [1.54, 1.807) is 26.4 Å². The highest BCUT2D eigenvalue weighted by molar-refractivity contribution is 7.98. The minimum absolute atomic E-state index is 0.0712. The van der Waals surface area contributed by atoms with Crippen molar-refractivity contribution in [2.75, 3.05) is 14.2 Å². The largest absolute Gasteiger partial charge is 0.493 e. The van der Waals surface area contributed by atoms with Gasteiger partial charge in [-0.1, -0.05) is 42.1 Å². The van der Waals surface area contributed by atoms with E-state index in [9.17, 15) is 10.1 Å². The zero-order chi connectivity index (χ0) is 22.5. The molecule has 3 aromatic carbocycles. The number of para-hydroxylation sites is 1. The van der Waals surface area contributed by atoms with Crippen molar-refractivity contribution in [3.8, 4) is 28.6 Å². The zero-order valence-corrected chi connectivity index (χ0v) is 18.3. The van der Waals surface area contributed by atoms with Gasteiger partial charge in [0.25, 0.3) is 5.69 Å². The lowest BCUT2D eigenvalue weighted by Gasteiger charge is -2.12. The van der Waals surface area contributed by atoms with Crippen molar-refractivity contribution in [2.24, 2.45) is 0 Å². The van der Waals surface area contributed by atoms with Crippen LogP contribution in [0.3, 0.4) is 0 Å². The molecule has 9 heteroatoms. The van der Waals surface area contributed by atoms with Gasteiger partial charge in [0.15, 0.2) is 22.5 Å². The summed E-state index contributed by atoms with van der Waals surface area (Å²) in [6.45, 7) is 0. The number of non-ortho nitro benzene ring substituents is 1. The lowest BCUT2D eigenvalue weighted by Crippen LogP contribution is -2.00. The van der Waals surface area contributed by atoms with Crippen LogP contribution in [0.15, 0.2) is 78.0 Å². The molecule has 0 fully saturated rings. The van der Waals surface area contributed by atoms with Gasteiger partial charge in [0.05, 0.1) is 19.1 Å². The highest BCUT2D eigenvalue weighted by Gasteiger charge is 2.18. The van der Waals surface area contributed by atoms with Gasteiger partial charge in [0.2, 0.25) is 0 Å². The Morgan fingerprint density at radius 2 is 1.66 bits per heavy atom. The van der Waals surface area contributed by atoms with Crippen LogP contribution in [-0.4, -0.2) is 33.9 Å². The van der Waals surface area contributed by atoms with Crippen molar-refractivity contribution in [3.63, 3.8) is 0 Å². The zero-order valence-electron chi connectivity index (χ0n) is 17.5. The van der Waals surface area contributed by atoms with Gasteiger partial charge >= 0.3 is 0 Å². The molecular formula is C23H20N4O4S. The first-order chi connectivity index (χ1) is 15.6. The predicted molar refractivity (Wildman–Crippen MR) is 123 cm³/mol. The molecule has 0 amide bonds. The van der Waals surface area contributed by atoms with Crippen molar-refractivity contribution < 1.29 is 14.4 Å². The molecule has 8 nitrogen and oxygen atoms in total. The molecule has 32 heavy (non-hydrogen) atoms. The summed E-state index contributed by atoms with van der Waals surface area (Å²) >= 11 is 1.51. The molecule has 4 rings (SSSR count). The Labute approximate surface area is 189 Å². The molecule has 4 aromatic rings. The lowest BCUT2D eigenvalue weighted by molar-refractivity contribution is -0.384. The molecule has 0 saturated heterocycles. The van der Waals surface area contributed by atoms with E-state index in [1.165, 1.54) is 23.9 Å². The SMILES string of the molecule is COc1ccc(-c2nnc(SCc3ccc([N+](=O)[O-])cc3)n2-c2ccccc2)cc1OC. The van der Waals surface area contributed by atoms with Gasteiger partial charge in [-0.25, -0.2) is 0 Å². The first-order valence-electron chi connectivity index (χ1n) is 9.70. The van der Waals surface area contributed by atoms with Crippen LogP contribution in [0, 0.1) is 10.1 Å². The number of nitrogens with zero attached hydrogens (tertiary/aromatic N) is 4. The molecule has 162 valence electrons. The van der Waals surface area contributed by atoms with Crippen molar-refractivity contribution in [1.29, 1.82) is 0 Å². The van der Waals surface area contributed by atoms with Crippen LogP contribution < -0.4 is 9.47 Å². The van der Waals surface area contributed by atoms with Crippen molar-refractivity contribution in [3.05, 3.63) is 88.5 Å². The van der Waals surface area contributed by atoms with Gasteiger partial charge in [0.1, 0.15) is 0 Å². The van der Waals surface area contributed by atoms with Crippen LogP contribution in [0.4, 0.5) is 5.69 Å². The Morgan fingerprint density at radius 3 is 2.31 bits per heavy atom. The molecule has 1 aromatic heterocycles. The standard InChI is InChI=1S/C23H20N4O4S/c1-30-20-13-10-17(14-21(20)31-2)22-24-25-23(26(22)18-6-4-3-5-7-18)32-15-16-8-11-19(12-9-16)27(28)29/h3-14H,15H2,1-2H3. The number of ether oxygens (including phenoxy) is 2. The molecule has 0 aliphatic rings. The topological polar surface area (TPSA) is 92.3 Å². The van der Waals surface area contributed by atoms with Gasteiger partial charge in [-0.2, -0.15) is 0 Å². The maximum Gasteiger partial charge on any atom is 0.269 e. The number of nitro groups is 1. The molecule has 0 atom stereocenters. The molecular weight excluding hydrogens is 428 g/mol. The first kappa shape index (κ1) is 21.4. The summed E-state index contributed by atoms with van der Waals surface area (Å²) in [4.78, 5) is 10.5. The van der Waals surface area contributed by atoms with E-state index in [1.807, 2.05) is 53.1 Å². The number of thioether (sulfide) groups is 1. The molecule has 0 unspecified atom stereocenters. The van der Waals surface area contributed by atoms with Crippen LogP contribution >= 0.6 is 11.8 Å². The number of benzene rings is 3. The molecule has 0 saturated carbocycles. The third-order valence-electron chi connectivity index (χ3n) is 4.80. The number of rotatable bonds is 8. The van der Waals surface area contributed by atoms with Crippen LogP contribution in [0.5, 0.6) is 11.5 Å². The summed E-state index contributed by atoms with van der Waals surface area (Å²) in [7, 11) is 3.19. The van der Waals surface area contributed by atoms with Crippen molar-refractivity contribution in [2.45, 2.75) is 10.9 Å². The van der Waals surface area contributed by atoms with Gasteiger partial charge in [0, 0.05) is 29.1 Å². The Morgan fingerprint density at radius 1 is 0.938 bits per heavy atom. The normalized spacial score (nSPS) is 10.7. The van der Waals surface area contributed by atoms with Crippen LogP contribution in [0.1, 0.15) is 5.56 Å². The third-order valence-corrected chi connectivity index (χ3v) is 5.80. The Balaban J connectivity index is 1.69. The highest BCUT2D eigenvalue weighted by atomic mass is 32.2. The van der Waals surface area contributed by atoms with Gasteiger partial charge in [-0.05, 0) is 35.9 Å². The second kappa shape index (κ2) is 9.52. The average Bonchev–Trinajstić information content (AvgIpc) is 3.27. The first-order valence-corrected chi connectivity index (χ1v) is 10.7. The maximum atomic E-state index is 10.9. The maximum absolute atomic E-state index is 10.9. The molecule has 1 heterocycles. The molecule has 0 spiro atoms. The molecule has 0 aliphatic carbocycles. The summed E-state index contributed by atoms with van der Waals surface area (Å²) in [5.74, 6) is 2.50. The molecule has 0 aliphatic heterocycles. The van der Waals surface area contributed by atoms with E-state index < -0.39 is 4.92 Å². The Hall–Kier alpha value is -3.85. The second-order valence-corrected chi connectivity index (χ2v) is 7.70. The molecule has 0 radical (unpaired) electrons. The average molecular weight is 449 g/mol. The number of nitro benzene ring substituents is 1. The minimum Gasteiger partial charge on any atom is -0.493 e. The monoisotopic (exact) mass is 448 g/mol. The fraction of sp³-hybridized carbons (Fsp3) is 0.130. The Kier molecular flexibility index (Phi) is 6.37. The van der Waals surface area contributed by atoms with E-state index in [0.717, 1.165) is 16.8 Å². The van der Waals surface area contributed by atoms with Crippen LogP contribution in [0.25, 0.3) is 17.1 Å². The van der Waals surface area contributed by atoms with E-state index in [4.69, 9.17) is 9.47 Å². The smallest absolute Gasteiger partial charge is 0.269 e. The fourth-order valence-corrected chi connectivity index (χ4v) is 4.11. The quantitative estimate of drug-likeness (QED) is 0.209. The third kappa shape index (κ3) is 4.42. The van der Waals surface area contributed by atoms with Gasteiger partial charge < -0.3 is 9.47 Å². The Bertz CT molecular complexity index is 1230. The summed E-state index contributed by atoms with van der Waals surface area (Å²) in [5.41, 5.74) is 2.78. The van der Waals surface area contributed by atoms with E-state index in [-0.39, 0.29) is 5.69 Å². The fourth-order valence-electron chi connectivity index (χ4n) is 3.20. The van der Waals surface area contributed by atoms with E-state index >= 15 is 0 Å². The predicted octanol–water partition coefficient (Wildman–Crippen LogP) is 5.15. The minimum atomic E-state index is -0.404.